The number of amides is 7. The summed E-state index contributed by atoms with van der Waals surface area (Å²) in [6.07, 6.45) is -28.3. The van der Waals surface area contributed by atoms with Crippen molar-refractivity contribution in [1.82, 2.24) is 47.5 Å². The first-order valence-electron chi connectivity index (χ1n) is 39.9. The van der Waals surface area contributed by atoms with Crippen molar-refractivity contribution in [2.75, 3.05) is 20.2 Å². The van der Waals surface area contributed by atoms with Gasteiger partial charge in [0.05, 0.1) is 47.0 Å². The number of aromatic hydroxyl groups is 3. The lowest BCUT2D eigenvalue weighted by molar-refractivity contribution is -0.350. The number of carbonyl (C=O) groups is 8. The average molecular weight is 1810 g/mol. The molecule has 6 aromatic carbocycles. The summed E-state index contributed by atoms with van der Waals surface area (Å²) in [5, 5.41) is 159. The molecule has 1 aromatic heterocycles. The third-order valence-corrected chi connectivity index (χ3v) is 23.0. The molecule has 0 saturated carbocycles. The third-order valence-electron chi connectivity index (χ3n) is 22.4. The van der Waals surface area contributed by atoms with E-state index in [1.54, 1.807) is 26.0 Å². The van der Waals surface area contributed by atoms with Gasteiger partial charge in [0.25, 0.3) is 0 Å². The Balaban J connectivity index is 0.957. The first kappa shape index (κ1) is 93.5. The summed E-state index contributed by atoms with van der Waals surface area (Å²) >= 11 is 14.5. The van der Waals surface area contributed by atoms with E-state index in [2.05, 4.69) is 47.5 Å². The van der Waals surface area contributed by atoms with Crippen LogP contribution in [0.15, 0.2) is 115 Å². The maximum atomic E-state index is 16.4. The normalized spacial score (nSPS) is 29.5. The Labute approximate surface area is 730 Å². The Morgan fingerprint density at radius 1 is 0.669 bits per heavy atom. The second kappa shape index (κ2) is 38.8. The van der Waals surface area contributed by atoms with E-state index in [9.17, 15) is 84.4 Å². The summed E-state index contributed by atoms with van der Waals surface area (Å²) in [6, 6.07) is 5.13. The van der Waals surface area contributed by atoms with E-state index in [1.165, 1.54) is 45.3 Å². The number of carbonyl (C=O) groups excluding carboxylic acids is 7. The van der Waals surface area contributed by atoms with Crippen LogP contribution in [0.3, 0.4) is 0 Å². The van der Waals surface area contributed by atoms with Crippen LogP contribution in [-0.4, -0.2) is 243 Å². The molecule has 7 amide bonds. The highest BCUT2D eigenvalue weighted by molar-refractivity contribution is 6.32. The first-order valence-corrected chi connectivity index (χ1v) is 40.7. The predicted molar refractivity (Wildman–Crippen MR) is 436 cm³/mol. The smallest absolute Gasteiger partial charge is 0.330 e. The number of phenolic OH excluding ortho intramolecular Hbond substituents is 3. The summed E-state index contributed by atoms with van der Waals surface area (Å²) in [5.41, 5.74) is 9.01. The molecule has 8 aliphatic rings. The van der Waals surface area contributed by atoms with Crippen LogP contribution in [-0.2, 0) is 68.6 Å². The van der Waals surface area contributed by atoms with Gasteiger partial charge in [0, 0.05) is 59.6 Å². The third kappa shape index (κ3) is 20.4. The topological polar surface area (TPSA) is 614 Å². The van der Waals surface area contributed by atoms with E-state index in [0.717, 1.165) is 78.9 Å². The van der Waals surface area contributed by atoms with Crippen molar-refractivity contribution < 1.29 is 146 Å². The molecule has 7 aromatic rings. The number of carboxylic acids is 1. The lowest BCUT2D eigenvalue weighted by Crippen LogP contribution is -2.65. The summed E-state index contributed by atoms with van der Waals surface area (Å²) in [4.78, 5) is 125. The molecule has 0 aliphatic carbocycles. The molecule has 23 atom stereocenters. The number of ether oxygens (including phenoxy) is 8. The van der Waals surface area contributed by atoms with Gasteiger partial charge in [-0.3, -0.25) is 38.5 Å². The molecular weight excluding hydrogens is 1720 g/mol. The number of benzene rings is 6. The van der Waals surface area contributed by atoms with Gasteiger partial charge in [0.2, 0.25) is 53.4 Å². The Morgan fingerprint density at radius 3 is 1.94 bits per heavy atom. The summed E-state index contributed by atoms with van der Waals surface area (Å²) in [6.45, 7) is 5.10. The number of hydrogen-bond acceptors (Lipinski definition) is 31. The van der Waals surface area contributed by atoms with Crippen molar-refractivity contribution in [2.45, 2.75) is 193 Å². The van der Waals surface area contributed by atoms with Crippen molar-refractivity contribution >= 4 is 70.5 Å². The van der Waals surface area contributed by atoms with Crippen LogP contribution < -0.4 is 68.2 Å². The minimum Gasteiger partial charge on any atom is -0.508 e. The lowest BCUT2D eigenvalue weighted by atomic mass is 9.86. The van der Waals surface area contributed by atoms with E-state index >= 15 is 24.0 Å². The second-order valence-electron chi connectivity index (χ2n) is 32.2. The number of pyridine rings is 1. The molecule has 43 heteroatoms. The highest BCUT2D eigenvalue weighted by atomic mass is 35.5. The van der Waals surface area contributed by atoms with Gasteiger partial charge < -0.3 is 153 Å². The van der Waals surface area contributed by atoms with Crippen molar-refractivity contribution in [3.05, 3.63) is 170 Å². The summed E-state index contributed by atoms with van der Waals surface area (Å²) in [5.74, 6) is -19.1. The molecule has 24 N–H and O–H groups in total. The molecule has 15 rings (SSSR count). The molecule has 680 valence electrons. The van der Waals surface area contributed by atoms with Crippen LogP contribution in [0, 0.1) is 17.6 Å². The van der Waals surface area contributed by atoms with Crippen LogP contribution >= 0.6 is 23.2 Å². The van der Waals surface area contributed by atoms with Gasteiger partial charge in [-0.25, -0.2) is 13.6 Å². The van der Waals surface area contributed by atoms with Gasteiger partial charge >= 0.3 is 5.97 Å². The number of nitrogens with one attached hydrogen (secondary N) is 8. The SMILES string of the molecule is CN[C@H](CC(C)C)C(=O)NC1C(=O)NC(CC(N)=O)C(=O)N[C@H]2C(=O)NC3C(=O)N[C@H](C(=O)NC(C(=O)O)c4cc(O)cc(O)c4-c4cc3ccc4O)[C@H](O[C@H]3C[C@](C)(N)[C@@H](O)[C@H](C)O3)c3ccc(c(Cl)c3)Oc3cc2cc(c3O[C@@H]2O[C@H](CO)[C@@H](O[C@@H]3O[C@H](CNCc4ccc(-c5ccc(F)c(F)c5)nc4)[C@H](O)[C@H](O)[C@H]3O)[C@H](O)[C@H]2O)Oc2ccc(cc2Cl)[C@H]1O. The van der Waals surface area contributed by atoms with Crippen molar-refractivity contribution in [3.8, 4) is 68.4 Å². The standard InChI is InChI=1S/C84H93Cl2F2N11O28/c1-31(2)16-47(91-5)75(112)98-63-65(105)36-9-14-51(42(85)18-36)121-53-21-38-22-54(72(53)126-83-70(110)68(108)73(56(30-100)124-83)127-82-69(109)67(107)66(106)55(123-82)29-92-27-33-6-12-46(93-28-33)34-7-11-44(87)45(88)20-34)122-52-15-10-37(19-43(52)86)71(125-58-26-84(4,90)74(111)32(3)120-58)64-80(117)97-62(81(118)119)41-23-39(101)24-50(103)59(41)40-17-35(8-13-49(40)102)60(77(114)99-64)96-78(115)61(38)95-76(113)48(25-57(89)104)94-79(63)116/h6-15,17-24,28,31-32,47-48,55-56,58,60-71,73-74,82-83,91-92,100-103,105-111H,16,25-27,29-30,90H2,1-5H3,(H2,89,104)(H,94,116)(H,95,113)(H,96,115)(H,97,117)(H,98,112)(H,99,114)(H,118,119)/t32-,47+,48?,55+,56+,58-,60?,61+,62?,63?,64-,65+,66-,67-,68+,69+,70+,71+,73+,74-,82-,83-,84-/m0/s1. The van der Waals surface area contributed by atoms with Gasteiger partial charge in [0.15, 0.2) is 41.8 Å². The highest BCUT2D eigenvalue weighted by Crippen LogP contribution is 2.50. The number of phenols is 3. The monoisotopic (exact) mass is 1810 g/mol. The molecule has 11 bridgehead atoms. The zero-order valence-electron chi connectivity index (χ0n) is 68.0. The van der Waals surface area contributed by atoms with Gasteiger partial charge in [-0.15, -0.1) is 0 Å². The number of aliphatic hydroxyl groups excluding tert-OH is 8. The Kier molecular flexibility index (Phi) is 28.6. The number of nitrogens with zero attached hydrogens (tertiary/aromatic N) is 1. The van der Waals surface area contributed by atoms with Crippen LogP contribution in [0.1, 0.15) is 111 Å². The molecule has 127 heavy (non-hydrogen) atoms. The number of rotatable bonds is 20. The van der Waals surface area contributed by atoms with Crippen molar-refractivity contribution in [1.29, 1.82) is 0 Å². The maximum Gasteiger partial charge on any atom is 0.330 e. The van der Waals surface area contributed by atoms with E-state index in [-0.39, 0.29) is 48.5 Å². The number of aliphatic carboxylic acids is 1. The van der Waals surface area contributed by atoms with Gasteiger partial charge in [-0.05, 0) is 140 Å². The molecule has 3 saturated heterocycles. The number of aliphatic hydroxyl groups is 8. The number of aromatic nitrogens is 1. The molecule has 4 unspecified atom stereocenters. The van der Waals surface area contributed by atoms with Crippen molar-refractivity contribution in [3.63, 3.8) is 0 Å². The molecule has 0 radical (unpaired) electrons. The fourth-order valence-corrected chi connectivity index (χ4v) is 16.2. The summed E-state index contributed by atoms with van der Waals surface area (Å²) < 4.78 is 78.8. The number of fused-ring (bicyclic) bond motifs is 15. The molecule has 3 fully saturated rings. The van der Waals surface area contributed by atoms with Crippen molar-refractivity contribution in [2.24, 2.45) is 17.4 Å². The van der Waals surface area contributed by atoms with E-state index in [4.69, 9.17) is 72.6 Å². The quantitative estimate of drug-likeness (QED) is 0.0507. The van der Waals surface area contributed by atoms with E-state index in [1.807, 2.05) is 0 Å². The minimum atomic E-state index is -2.44. The molecule has 9 heterocycles. The van der Waals surface area contributed by atoms with Crippen LogP contribution in [0.5, 0.6) is 46.0 Å². The number of hydrogen-bond donors (Lipinski definition) is 22. The molecule has 0 spiro atoms. The fourth-order valence-electron chi connectivity index (χ4n) is 15.7. The maximum absolute atomic E-state index is 16.4. The number of likely N-dealkylation sites (N-methyl/N-ethyl adjacent to an activating group) is 1. The number of carboxylic acid groups (broad SMARTS) is 1. The number of halogens is 4. The van der Waals surface area contributed by atoms with Crippen LogP contribution in [0.25, 0.3) is 22.4 Å². The number of nitrogens with two attached hydrogens (primary N) is 2. The second-order valence-corrected chi connectivity index (χ2v) is 33.0. The van der Waals surface area contributed by atoms with E-state index in [0.29, 0.717) is 11.3 Å². The van der Waals surface area contributed by atoms with E-state index < -0.39 is 296 Å². The largest absolute Gasteiger partial charge is 0.508 e. The molecular formula is C84H93Cl2F2N11O28. The zero-order chi connectivity index (χ0) is 91.8. The predicted octanol–water partition coefficient (Wildman–Crippen LogP) is 1.07. The Bertz CT molecular complexity index is 5340. The Morgan fingerprint density at radius 2 is 1.31 bits per heavy atom. The Hall–Kier alpha value is -11.2. The first-order chi connectivity index (χ1) is 60.2. The van der Waals surface area contributed by atoms with Crippen LogP contribution in [0.2, 0.25) is 10.0 Å². The lowest BCUT2D eigenvalue weighted by Gasteiger charge is -2.46. The average Bonchev–Trinajstić information content (AvgIpc) is 0.760. The minimum absolute atomic E-state index is 0.0332. The fraction of sp³-hybridized carbons (Fsp3) is 0.417. The van der Waals surface area contributed by atoms with Gasteiger partial charge in [-0.2, -0.15) is 0 Å². The zero-order valence-corrected chi connectivity index (χ0v) is 69.5. The van der Waals surface area contributed by atoms with Gasteiger partial charge in [0.1, 0.15) is 120 Å². The van der Waals surface area contributed by atoms with Crippen LogP contribution in [0.4, 0.5) is 8.78 Å². The van der Waals surface area contributed by atoms with Gasteiger partial charge in [-0.1, -0.05) is 61.3 Å². The highest BCUT2D eigenvalue weighted by Gasteiger charge is 2.53. The molecule has 8 aliphatic heterocycles. The molecule has 39 nitrogen and oxygen atoms in total. The summed E-state index contributed by atoms with van der Waals surface area (Å²) in [7, 11) is 1.45. The number of primary amides is 1.